The lowest BCUT2D eigenvalue weighted by molar-refractivity contribution is -0.147. The van der Waals surface area contributed by atoms with Crippen molar-refractivity contribution in [2.45, 2.75) is 39.1 Å². The van der Waals surface area contributed by atoms with Gasteiger partial charge in [0.25, 0.3) is 0 Å². The molecule has 7 heteroatoms. The van der Waals surface area contributed by atoms with E-state index in [-0.39, 0.29) is 5.92 Å². The highest BCUT2D eigenvalue weighted by Crippen LogP contribution is 2.37. The Bertz CT molecular complexity index is 1150. The van der Waals surface area contributed by atoms with Crippen LogP contribution >= 0.6 is 0 Å². The number of nitrogens with zero attached hydrogens (tertiary/aromatic N) is 2. The van der Waals surface area contributed by atoms with Gasteiger partial charge in [0.1, 0.15) is 5.69 Å². The van der Waals surface area contributed by atoms with Crippen LogP contribution in [-0.4, -0.2) is 39.3 Å². The Hall–Kier alpha value is -3.00. The van der Waals surface area contributed by atoms with Crippen molar-refractivity contribution in [1.82, 2.24) is 15.4 Å². The van der Waals surface area contributed by atoms with Crippen LogP contribution in [0.2, 0.25) is 0 Å². The number of nitrogens with one attached hydrogen (secondary N) is 1. The summed E-state index contributed by atoms with van der Waals surface area (Å²) in [6.45, 7) is 4.56. The summed E-state index contributed by atoms with van der Waals surface area (Å²) in [5.41, 5.74) is 7.21. The molecule has 0 bridgehead atoms. The molecule has 2 aliphatic rings. The second kappa shape index (κ2) is 8.50. The van der Waals surface area contributed by atoms with Gasteiger partial charge in [-0.05, 0) is 36.5 Å². The lowest BCUT2D eigenvalue weighted by Gasteiger charge is -2.36. The Labute approximate surface area is 186 Å². The quantitative estimate of drug-likeness (QED) is 0.493. The number of carboxylic acid groups (broad SMARTS) is 1. The molecule has 2 heterocycles. The minimum atomic E-state index is -0.891. The number of aliphatic hydroxyl groups is 1. The number of carboxylic acids is 1. The first-order valence-corrected chi connectivity index (χ1v) is 11.0. The smallest absolute Gasteiger partial charge is 0.309 e. The zero-order valence-electron chi connectivity index (χ0n) is 18.0. The van der Waals surface area contributed by atoms with E-state index >= 15 is 0 Å². The van der Waals surface area contributed by atoms with Crippen molar-refractivity contribution in [2.24, 2.45) is 5.92 Å². The Morgan fingerprint density at radius 2 is 2.06 bits per heavy atom. The summed E-state index contributed by atoms with van der Waals surface area (Å²) in [5.74, 6) is -0.219. The summed E-state index contributed by atoms with van der Waals surface area (Å²) in [6.07, 6.45) is 0.725. The normalized spacial score (nSPS) is 16.8. The van der Waals surface area contributed by atoms with Crippen molar-refractivity contribution in [3.05, 3.63) is 76.0 Å². The van der Waals surface area contributed by atoms with Crippen LogP contribution in [0.1, 0.15) is 39.7 Å². The van der Waals surface area contributed by atoms with E-state index in [1.807, 2.05) is 25.1 Å². The van der Waals surface area contributed by atoms with Gasteiger partial charge in [-0.25, -0.2) is 0 Å². The topological polar surface area (TPSA) is 98.8 Å². The molecule has 1 fully saturated rings. The van der Waals surface area contributed by atoms with E-state index in [0.717, 1.165) is 41.8 Å². The highest BCUT2D eigenvalue weighted by Gasteiger charge is 2.32. The summed E-state index contributed by atoms with van der Waals surface area (Å²) in [7, 11) is 0. The van der Waals surface area contributed by atoms with Crippen molar-refractivity contribution in [3.63, 3.8) is 0 Å². The number of aromatic nitrogens is 1. The molecule has 1 atom stereocenters. The van der Waals surface area contributed by atoms with Crippen LogP contribution < -0.4 is 5.32 Å². The minimum absolute atomic E-state index is 0.242. The van der Waals surface area contributed by atoms with E-state index in [1.54, 1.807) is 0 Å². The van der Waals surface area contributed by atoms with E-state index in [9.17, 15) is 9.90 Å². The van der Waals surface area contributed by atoms with Crippen LogP contribution in [0.5, 0.6) is 0 Å². The third-order valence-corrected chi connectivity index (χ3v) is 6.43. The van der Waals surface area contributed by atoms with E-state index < -0.39 is 12.2 Å². The van der Waals surface area contributed by atoms with Gasteiger partial charge in [0.15, 0.2) is 12.0 Å². The average molecular weight is 434 g/mol. The Balaban J connectivity index is 1.27. The largest absolute Gasteiger partial charge is 0.481 e. The van der Waals surface area contributed by atoms with E-state index in [0.29, 0.717) is 25.3 Å². The maximum absolute atomic E-state index is 11.0. The summed E-state index contributed by atoms with van der Waals surface area (Å²) in [6, 6.07) is 14.5. The van der Waals surface area contributed by atoms with Gasteiger partial charge in [-0.3, -0.25) is 15.0 Å². The molecule has 1 saturated heterocycles. The molecule has 7 nitrogen and oxygen atoms in total. The van der Waals surface area contributed by atoms with Gasteiger partial charge >= 0.3 is 5.97 Å². The molecule has 1 aromatic heterocycles. The monoisotopic (exact) mass is 433 g/mol. The second-order valence-corrected chi connectivity index (χ2v) is 8.87. The van der Waals surface area contributed by atoms with Crippen molar-refractivity contribution >= 4 is 5.97 Å². The lowest BCUT2D eigenvalue weighted by Crippen LogP contribution is -2.49. The zero-order chi connectivity index (χ0) is 22.2. The number of aliphatic carboxylic acids is 1. The highest BCUT2D eigenvalue weighted by atomic mass is 16.5. The molecule has 1 unspecified atom stereocenters. The van der Waals surface area contributed by atoms with Crippen molar-refractivity contribution < 1.29 is 19.5 Å². The summed E-state index contributed by atoms with van der Waals surface area (Å²) < 4.78 is 5.67. The Morgan fingerprint density at radius 1 is 1.22 bits per heavy atom. The third-order valence-electron chi connectivity index (χ3n) is 6.43. The first-order valence-electron chi connectivity index (χ1n) is 11.0. The van der Waals surface area contributed by atoms with Gasteiger partial charge in [0.05, 0.1) is 5.92 Å². The van der Waals surface area contributed by atoms with Crippen molar-refractivity contribution in [2.75, 3.05) is 13.1 Å². The molecule has 0 amide bonds. The van der Waals surface area contributed by atoms with Gasteiger partial charge in [0, 0.05) is 37.3 Å². The molecule has 1 aliphatic heterocycles. The van der Waals surface area contributed by atoms with Crippen LogP contribution in [0.4, 0.5) is 0 Å². The zero-order valence-corrected chi connectivity index (χ0v) is 18.0. The van der Waals surface area contributed by atoms with Gasteiger partial charge in [-0.2, -0.15) is 0 Å². The first-order chi connectivity index (χ1) is 15.5. The van der Waals surface area contributed by atoms with Gasteiger partial charge in [-0.15, -0.1) is 0 Å². The average Bonchev–Trinajstić information content (AvgIpc) is 3.18. The van der Waals surface area contributed by atoms with Crippen LogP contribution in [0, 0.1) is 12.8 Å². The molecule has 166 valence electrons. The fourth-order valence-electron chi connectivity index (χ4n) is 4.67. The number of fused-ring (bicyclic) bond motifs is 3. The Morgan fingerprint density at radius 3 is 2.84 bits per heavy atom. The van der Waals surface area contributed by atoms with E-state index in [2.05, 4.69) is 39.6 Å². The van der Waals surface area contributed by atoms with Crippen LogP contribution in [0.25, 0.3) is 11.3 Å². The molecule has 1 aliphatic carbocycles. The van der Waals surface area contributed by atoms with E-state index in [4.69, 9.17) is 9.63 Å². The second-order valence-electron chi connectivity index (χ2n) is 8.87. The SMILES string of the molecule is Cc1cccc(CNC(O)c2noc3c2CCc2cc(CN4CC(C(=O)O)C4)ccc2-3)c1. The number of carbonyl (C=O) groups is 1. The number of benzene rings is 2. The lowest BCUT2D eigenvalue weighted by atomic mass is 9.88. The van der Waals surface area contributed by atoms with Gasteiger partial charge in [0.2, 0.25) is 0 Å². The fraction of sp³-hybridized carbons (Fsp3) is 0.360. The van der Waals surface area contributed by atoms with Crippen LogP contribution in [-0.2, 0) is 30.7 Å². The molecule has 2 aromatic carbocycles. The molecule has 32 heavy (non-hydrogen) atoms. The Kier molecular flexibility index (Phi) is 5.55. The molecule has 5 rings (SSSR count). The number of aliphatic hydroxyl groups excluding tert-OH is 1. The molecule has 3 aromatic rings. The molecule has 0 spiro atoms. The van der Waals surface area contributed by atoms with E-state index in [1.165, 1.54) is 16.7 Å². The summed E-state index contributed by atoms with van der Waals surface area (Å²) >= 11 is 0. The molecule has 3 N–H and O–H groups in total. The van der Waals surface area contributed by atoms with Crippen molar-refractivity contribution in [3.8, 4) is 11.3 Å². The first kappa shape index (κ1) is 20.9. The minimum Gasteiger partial charge on any atom is -0.481 e. The predicted molar refractivity (Wildman–Crippen MR) is 119 cm³/mol. The number of likely N-dealkylation sites (tertiary alicyclic amines) is 1. The molecular formula is C25H27N3O4. The predicted octanol–water partition coefficient (Wildman–Crippen LogP) is 3.05. The molecule has 0 radical (unpaired) electrons. The summed E-state index contributed by atoms with van der Waals surface area (Å²) in [5, 5.41) is 27.1. The maximum atomic E-state index is 11.0. The van der Waals surface area contributed by atoms with Gasteiger partial charge < -0.3 is 14.7 Å². The summed E-state index contributed by atoms with van der Waals surface area (Å²) in [4.78, 5) is 13.1. The number of rotatable bonds is 7. The fourth-order valence-corrected chi connectivity index (χ4v) is 4.67. The third kappa shape index (κ3) is 4.07. The maximum Gasteiger partial charge on any atom is 0.309 e. The standard InChI is InChI=1S/C25H27N3O4/c1-15-3-2-4-16(9-15)11-26-24(29)22-21-8-6-18-10-17(5-7-20(18)23(21)32-27-22)12-28-13-19(14-28)25(30)31/h2-5,7,9-10,19,24,26,29H,6,8,11-14H2,1H3,(H,30,31). The number of hydrogen-bond acceptors (Lipinski definition) is 6. The number of aryl methyl sites for hydroxylation is 2. The van der Waals surface area contributed by atoms with Crippen LogP contribution in [0.3, 0.4) is 0 Å². The van der Waals surface area contributed by atoms with Gasteiger partial charge in [-0.1, -0.05) is 53.2 Å². The van der Waals surface area contributed by atoms with Crippen molar-refractivity contribution in [1.29, 1.82) is 0 Å². The number of hydrogen-bond donors (Lipinski definition) is 3. The molecular weight excluding hydrogens is 406 g/mol. The van der Waals surface area contributed by atoms with Crippen LogP contribution in [0.15, 0.2) is 47.0 Å². The highest BCUT2D eigenvalue weighted by molar-refractivity contribution is 5.71. The molecule has 0 saturated carbocycles.